The number of rotatable bonds is 9. The zero-order valence-electron chi connectivity index (χ0n) is 23.6. The molecule has 0 saturated carbocycles. The summed E-state index contributed by atoms with van der Waals surface area (Å²) in [7, 11) is 0. The van der Waals surface area contributed by atoms with Gasteiger partial charge in [0.15, 0.2) is 0 Å². The van der Waals surface area contributed by atoms with E-state index in [0.29, 0.717) is 36.5 Å². The molecule has 3 N–H and O–H groups in total. The van der Waals surface area contributed by atoms with E-state index in [2.05, 4.69) is 29.2 Å². The van der Waals surface area contributed by atoms with E-state index in [4.69, 9.17) is 17.3 Å². The van der Waals surface area contributed by atoms with Crippen molar-refractivity contribution in [2.45, 2.75) is 71.5 Å². The molecule has 0 aromatic heterocycles. The minimum atomic E-state index is -1.09. The van der Waals surface area contributed by atoms with Crippen LogP contribution in [0.1, 0.15) is 53.0 Å². The summed E-state index contributed by atoms with van der Waals surface area (Å²) < 4.78 is 0. The van der Waals surface area contributed by atoms with Gasteiger partial charge in [-0.15, -0.1) is 0 Å². The van der Waals surface area contributed by atoms with Crippen molar-refractivity contribution in [3.05, 3.63) is 34.9 Å². The van der Waals surface area contributed by atoms with E-state index in [-0.39, 0.29) is 17.7 Å². The molecule has 9 nitrogen and oxygen atoms in total. The highest BCUT2D eigenvalue weighted by atomic mass is 35.5. The summed E-state index contributed by atoms with van der Waals surface area (Å²) in [5, 5.41) is 8.38. The number of nitrogens with two attached hydrogens (primary N) is 1. The lowest BCUT2D eigenvalue weighted by Gasteiger charge is -2.47. The number of hydrazine groups is 1. The molecule has 2 aliphatic heterocycles. The van der Waals surface area contributed by atoms with Crippen LogP contribution in [0.15, 0.2) is 24.3 Å². The minimum Gasteiger partial charge on any atom is -0.343 e. The third-order valence-corrected chi connectivity index (χ3v) is 7.61. The lowest BCUT2D eigenvalue weighted by molar-refractivity contribution is -0.146. The molecule has 212 valence electrons. The second-order valence-electron chi connectivity index (χ2n) is 11.6. The maximum Gasteiger partial charge on any atom is 0.245 e. The Morgan fingerprint density at radius 2 is 1.61 bits per heavy atom. The van der Waals surface area contributed by atoms with E-state index < -0.39 is 11.6 Å². The molecule has 1 unspecified atom stereocenters. The summed E-state index contributed by atoms with van der Waals surface area (Å²) in [6, 6.07) is 7.01. The van der Waals surface area contributed by atoms with E-state index in [1.54, 1.807) is 32.9 Å². The van der Waals surface area contributed by atoms with Crippen LogP contribution < -0.4 is 11.1 Å². The highest BCUT2D eigenvalue weighted by molar-refractivity contribution is 6.30. The van der Waals surface area contributed by atoms with E-state index in [9.17, 15) is 14.4 Å². The number of benzene rings is 1. The number of halogens is 1. The number of likely N-dealkylation sites (tertiary alicyclic amines) is 1. The van der Waals surface area contributed by atoms with Crippen molar-refractivity contribution < 1.29 is 14.4 Å². The van der Waals surface area contributed by atoms with Crippen LogP contribution in [0.25, 0.3) is 0 Å². The lowest BCUT2D eigenvalue weighted by Crippen LogP contribution is -2.62. The number of carbonyl (C=O) groups excluding carboxylic acids is 3. The van der Waals surface area contributed by atoms with Crippen molar-refractivity contribution >= 4 is 29.3 Å². The first-order valence-electron chi connectivity index (χ1n) is 13.7. The molecular weight excluding hydrogens is 504 g/mol. The van der Waals surface area contributed by atoms with Crippen LogP contribution in [0.2, 0.25) is 5.02 Å². The summed E-state index contributed by atoms with van der Waals surface area (Å²) in [6.45, 7) is 14.5. The van der Waals surface area contributed by atoms with Gasteiger partial charge in [-0.05, 0) is 50.3 Å². The Hall–Kier alpha value is -2.20. The third kappa shape index (κ3) is 8.40. The van der Waals surface area contributed by atoms with E-state index >= 15 is 0 Å². The zero-order chi connectivity index (χ0) is 28.0. The van der Waals surface area contributed by atoms with Gasteiger partial charge in [0.25, 0.3) is 0 Å². The molecule has 10 heteroatoms. The van der Waals surface area contributed by atoms with Gasteiger partial charge in [0.05, 0.1) is 5.54 Å². The first-order valence-corrected chi connectivity index (χ1v) is 14.1. The molecule has 2 fully saturated rings. The molecule has 2 heterocycles. The van der Waals surface area contributed by atoms with Crippen molar-refractivity contribution in [1.29, 1.82) is 0 Å². The van der Waals surface area contributed by atoms with Crippen LogP contribution in [0, 0.1) is 5.92 Å². The number of piperazine rings is 1. The number of carbonyl (C=O) groups is 3. The maximum atomic E-state index is 13.7. The van der Waals surface area contributed by atoms with Crippen molar-refractivity contribution in [2.24, 2.45) is 11.7 Å². The average molecular weight is 549 g/mol. The fourth-order valence-corrected chi connectivity index (χ4v) is 5.27. The molecule has 0 aliphatic carbocycles. The van der Waals surface area contributed by atoms with Crippen molar-refractivity contribution in [3.8, 4) is 0 Å². The highest BCUT2D eigenvalue weighted by Gasteiger charge is 2.35. The molecule has 3 rings (SSSR count). The fourth-order valence-electron chi connectivity index (χ4n) is 5.14. The molecule has 2 saturated heterocycles. The number of hydrogen-bond acceptors (Lipinski definition) is 6. The molecule has 3 amide bonds. The van der Waals surface area contributed by atoms with Gasteiger partial charge in [-0.3, -0.25) is 14.4 Å². The van der Waals surface area contributed by atoms with Crippen molar-refractivity contribution in [2.75, 3.05) is 45.8 Å². The van der Waals surface area contributed by atoms with Gasteiger partial charge in [0.2, 0.25) is 17.7 Å². The topological polar surface area (TPSA) is 102 Å². The maximum absolute atomic E-state index is 13.7. The Labute approximate surface area is 232 Å². The van der Waals surface area contributed by atoms with Crippen molar-refractivity contribution in [3.63, 3.8) is 0 Å². The van der Waals surface area contributed by atoms with Gasteiger partial charge in [-0.2, -0.15) is 0 Å². The molecule has 0 radical (unpaired) electrons. The highest BCUT2D eigenvalue weighted by Crippen LogP contribution is 2.22. The predicted molar refractivity (Wildman–Crippen MR) is 150 cm³/mol. The van der Waals surface area contributed by atoms with Crippen LogP contribution >= 0.6 is 11.6 Å². The van der Waals surface area contributed by atoms with Gasteiger partial charge in [0, 0.05) is 70.2 Å². The molecule has 38 heavy (non-hydrogen) atoms. The van der Waals surface area contributed by atoms with Gasteiger partial charge < -0.3 is 20.9 Å². The Morgan fingerprint density at radius 1 is 1.03 bits per heavy atom. The van der Waals surface area contributed by atoms with Gasteiger partial charge in [0.1, 0.15) is 6.04 Å². The number of nitrogens with zero attached hydrogens (tertiary/aromatic N) is 4. The van der Waals surface area contributed by atoms with Crippen LogP contribution in [0.4, 0.5) is 0 Å². The number of amides is 3. The zero-order valence-corrected chi connectivity index (χ0v) is 24.3. The third-order valence-electron chi connectivity index (χ3n) is 7.36. The van der Waals surface area contributed by atoms with Crippen LogP contribution in [-0.2, 0) is 20.8 Å². The molecule has 2 aliphatic rings. The van der Waals surface area contributed by atoms with E-state index in [0.717, 1.165) is 51.1 Å². The molecule has 0 bridgehead atoms. The minimum absolute atomic E-state index is 0.0950. The van der Waals surface area contributed by atoms with Crippen LogP contribution in [-0.4, -0.2) is 101 Å². The first-order chi connectivity index (χ1) is 17.8. The normalized spacial score (nSPS) is 18.7. The number of piperidine rings is 1. The molecule has 1 aromatic rings. The van der Waals surface area contributed by atoms with Gasteiger partial charge in [-0.1, -0.05) is 37.6 Å². The Balaban J connectivity index is 1.66. The van der Waals surface area contributed by atoms with Crippen molar-refractivity contribution in [1.82, 2.24) is 25.1 Å². The quantitative estimate of drug-likeness (QED) is 0.490. The first kappa shape index (κ1) is 30.3. The second-order valence-corrected chi connectivity index (χ2v) is 12.0. The fraction of sp³-hybridized carbons (Fsp3) is 0.679. The molecule has 1 aromatic carbocycles. The second kappa shape index (κ2) is 13.2. The standard InChI is InChI=1S/C28H45ClN6O3/c1-20(2)19-35(24-10-12-32(13-11-24)21(3)36)34-16-14-33(15-17-34)26(37)25(31-27(38)28(4,5)30)18-22-6-8-23(29)9-7-22/h6-9,20,24-25H,10-19,30H2,1-5H3,(H,31,38). The van der Waals surface area contributed by atoms with Crippen LogP contribution in [0.3, 0.4) is 0 Å². The molecule has 0 spiro atoms. The van der Waals surface area contributed by atoms with E-state index in [1.807, 2.05) is 21.9 Å². The Kier molecular flexibility index (Phi) is 10.6. The summed E-state index contributed by atoms with van der Waals surface area (Å²) in [5.41, 5.74) is 5.85. The summed E-state index contributed by atoms with van der Waals surface area (Å²) >= 11 is 6.04. The number of hydrogen-bond donors (Lipinski definition) is 2. The van der Waals surface area contributed by atoms with Gasteiger partial charge >= 0.3 is 0 Å². The number of nitrogens with one attached hydrogen (secondary N) is 1. The van der Waals surface area contributed by atoms with E-state index in [1.165, 1.54) is 0 Å². The van der Waals surface area contributed by atoms with Crippen LogP contribution in [0.5, 0.6) is 0 Å². The Bertz CT molecular complexity index is 948. The lowest BCUT2D eigenvalue weighted by atomic mass is 10.0. The van der Waals surface area contributed by atoms with Gasteiger partial charge in [-0.25, -0.2) is 10.0 Å². The smallest absolute Gasteiger partial charge is 0.245 e. The summed E-state index contributed by atoms with van der Waals surface area (Å²) in [4.78, 5) is 42.0. The summed E-state index contributed by atoms with van der Waals surface area (Å²) in [5.74, 6) is 0.189. The Morgan fingerprint density at radius 3 is 2.11 bits per heavy atom. The average Bonchev–Trinajstić information content (AvgIpc) is 2.87. The summed E-state index contributed by atoms with van der Waals surface area (Å²) in [6.07, 6.45) is 2.28. The molecule has 1 atom stereocenters. The SMILES string of the molecule is CC(=O)N1CCC(N(CC(C)C)N2CCN(C(=O)C(Cc3ccc(Cl)cc3)NC(=O)C(C)(C)N)CC2)CC1. The predicted octanol–water partition coefficient (Wildman–Crippen LogP) is 2.13. The molecular formula is C28H45ClN6O3. The largest absolute Gasteiger partial charge is 0.343 e. The monoisotopic (exact) mass is 548 g/mol.